The number of rotatable bonds is 7. The molecule has 0 unspecified atom stereocenters. The Kier molecular flexibility index (Phi) is 6.67. The first-order valence-electron chi connectivity index (χ1n) is 10.9. The fourth-order valence-corrected chi connectivity index (χ4v) is 4.34. The number of esters is 1. The van der Waals surface area contributed by atoms with Gasteiger partial charge < -0.3 is 9.47 Å². The van der Waals surface area contributed by atoms with Crippen LogP contribution in [0.25, 0.3) is 11.3 Å². The van der Waals surface area contributed by atoms with Crippen molar-refractivity contribution < 1.29 is 14.3 Å². The van der Waals surface area contributed by atoms with E-state index in [4.69, 9.17) is 9.47 Å². The topological polar surface area (TPSA) is 73.3 Å². The molecule has 162 valence electrons. The third-order valence-corrected chi connectivity index (χ3v) is 5.76. The van der Waals surface area contributed by atoms with Gasteiger partial charge in [0.15, 0.2) is 5.69 Å². The summed E-state index contributed by atoms with van der Waals surface area (Å²) in [5, 5.41) is 0. The molecule has 1 aliphatic carbocycles. The highest BCUT2D eigenvalue weighted by molar-refractivity contribution is 5.94. The second kappa shape index (κ2) is 9.79. The molecule has 0 amide bonds. The van der Waals surface area contributed by atoms with Gasteiger partial charge in [-0.3, -0.25) is 9.55 Å². The summed E-state index contributed by atoms with van der Waals surface area (Å²) in [6.07, 6.45) is 3.65. The Labute approximate surface area is 181 Å². The van der Waals surface area contributed by atoms with Gasteiger partial charge >= 0.3 is 11.7 Å². The number of aromatic amines is 1. The number of imidazole rings is 1. The number of carbonyl (C=O) groups is 1. The molecule has 1 saturated carbocycles. The van der Waals surface area contributed by atoms with E-state index in [1.54, 1.807) is 11.5 Å². The van der Waals surface area contributed by atoms with Crippen molar-refractivity contribution in [2.24, 2.45) is 0 Å². The van der Waals surface area contributed by atoms with Crippen molar-refractivity contribution in [1.29, 1.82) is 0 Å². The fraction of sp³-hybridized carbons (Fsp3) is 0.360. The summed E-state index contributed by atoms with van der Waals surface area (Å²) in [6, 6.07) is 19.4. The Bertz CT molecular complexity index is 1060. The van der Waals surface area contributed by atoms with Gasteiger partial charge in [0.1, 0.15) is 0 Å². The first kappa shape index (κ1) is 21.1. The molecule has 1 fully saturated rings. The average Bonchev–Trinajstić information content (AvgIpc) is 3.16. The first-order valence-corrected chi connectivity index (χ1v) is 10.9. The number of nitrogens with one attached hydrogen (secondary N) is 1. The van der Waals surface area contributed by atoms with E-state index in [0.717, 1.165) is 36.8 Å². The molecule has 6 heteroatoms. The highest BCUT2D eigenvalue weighted by Crippen LogP contribution is 2.35. The Balaban J connectivity index is 1.72. The molecular weight excluding hydrogens is 392 g/mol. The molecule has 0 bridgehead atoms. The van der Waals surface area contributed by atoms with Gasteiger partial charge in [-0.15, -0.1) is 0 Å². The normalized spacial score (nSPS) is 18.6. The second-order valence-corrected chi connectivity index (χ2v) is 7.80. The zero-order valence-electron chi connectivity index (χ0n) is 17.8. The van der Waals surface area contributed by atoms with Crippen molar-refractivity contribution in [1.82, 2.24) is 9.55 Å². The predicted octanol–water partition coefficient (Wildman–Crippen LogP) is 4.72. The standard InChI is InChI=1S/C25H28N2O4/c1-2-30-24(28)22-23(19-13-7-4-8-14-19)27(25(29)26-22)20-15-9-10-16-21(20)31-17-18-11-5-3-6-12-18/h3-8,11-14,20-21H,2,9-10,15-17H2,1H3,(H,26,29)/t20-,21-/m1/s1. The summed E-state index contributed by atoms with van der Waals surface area (Å²) in [5.74, 6) is -0.519. The largest absolute Gasteiger partial charge is 0.461 e. The number of ether oxygens (including phenoxy) is 2. The molecule has 1 aliphatic rings. The van der Waals surface area contributed by atoms with Crippen LogP contribution in [0.5, 0.6) is 0 Å². The Morgan fingerprint density at radius 3 is 2.42 bits per heavy atom. The second-order valence-electron chi connectivity index (χ2n) is 7.80. The van der Waals surface area contributed by atoms with Crippen LogP contribution in [0.3, 0.4) is 0 Å². The van der Waals surface area contributed by atoms with E-state index in [2.05, 4.69) is 4.98 Å². The molecular formula is C25H28N2O4. The molecule has 2 atom stereocenters. The molecule has 2 aromatic carbocycles. The number of aromatic nitrogens is 2. The molecule has 0 aliphatic heterocycles. The van der Waals surface area contributed by atoms with Crippen molar-refractivity contribution in [3.8, 4) is 11.3 Å². The Morgan fingerprint density at radius 1 is 1.03 bits per heavy atom. The Hall–Kier alpha value is -3.12. The van der Waals surface area contributed by atoms with E-state index in [-0.39, 0.29) is 30.1 Å². The summed E-state index contributed by atoms with van der Waals surface area (Å²) in [7, 11) is 0. The molecule has 0 radical (unpaired) electrons. The number of hydrogen-bond acceptors (Lipinski definition) is 4. The van der Waals surface area contributed by atoms with Crippen LogP contribution in [0.1, 0.15) is 54.7 Å². The van der Waals surface area contributed by atoms with Crippen LogP contribution in [-0.4, -0.2) is 28.2 Å². The van der Waals surface area contributed by atoms with E-state index in [9.17, 15) is 9.59 Å². The van der Waals surface area contributed by atoms with Crippen molar-refractivity contribution in [2.75, 3.05) is 6.61 Å². The zero-order valence-corrected chi connectivity index (χ0v) is 17.8. The third kappa shape index (κ3) is 4.64. The smallest absolute Gasteiger partial charge is 0.357 e. The van der Waals surface area contributed by atoms with Crippen molar-refractivity contribution in [2.45, 2.75) is 51.4 Å². The summed E-state index contributed by atoms with van der Waals surface area (Å²) in [5.41, 5.74) is 2.37. The number of carbonyl (C=O) groups excluding carboxylic acids is 1. The van der Waals surface area contributed by atoms with Crippen molar-refractivity contribution in [3.63, 3.8) is 0 Å². The van der Waals surface area contributed by atoms with Crippen LogP contribution in [0.15, 0.2) is 65.5 Å². The lowest BCUT2D eigenvalue weighted by atomic mass is 9.91. The molecule has 1 N–H and O–H groups in total. The zero-order chi connectivity index (χ0) is 21.6. The lowest BCUT2D eigenvalue weighted by Gasteiger charge is -2.33. The number of hydrogen-bond donors (Lipinski definition) is 1. The predicted molar refractivity (Wildman–Crippen MR) is 119 cm³/mol. The minimum atomic E-state index is -0.519. The summed E-state index contributed by atoms with van der Waals surface area (Å²) < 4.78 is 13.3. The minimum absolute atomic E-state index is 0.111. The van der Waals surface area contributed by atoms with Crippen LogP contribution in [0.4, 0.5) is 0 Å². The molecule has 0 saturated heterocycles. The van der Waals surface area contributed by atoms with Gasteiger partial charge in [0, 0.05) is 5.56 Å². The Morgan fingerprint density at radius 2 is 1.71 bits per heavy atom. The van der Waals surface area contributed by atoms with E-state index in [0.29, 0.717) is 12.3 Å². The van der Waals surface area contributed by atoms with Crippen LogP contribution < -0.4 is 5.69 Å². The van der Waals surface area contributed by atoms with Crippen LogP contribution in [-0.2, 0) is 16.1 Å². The van der Waals surface area contributed by atoms with Crippen LogP contribution in [0, 0.1) is 0 Å². The monoisotopic (exact) mass is 420 g/mol. The maximum Gasteiger partial charge on any atom is 0.357 e. The first-order chi connectivity index (χ1) is 15.2. The van der Waals surface area contributed by atoms with Crippen molar-refractivity contribution >= 4 is 5.97 Å². The van der Waals surface area contributed by atoms with Gasteiger partial charge in [-0.1, -0.05) is 73.5 Å². The molecule has 31 heavy (non-hydrogen) atoms. The summed E-state index contributed by atoms with van der Waals surface area (Å²) in [6.45, 7) is 2.49. The van der Waals surface area contributed by atoms with E-state index in [1.165, 1.54) is 0 Å². The molecule has 1 heterocycles. The van der Waals surface area contributed by atoms with Gasteiger partial charge in [0.05, 0.1) is 31.1 Å². The maximum atomic E-state index is 13.1. The van der Waals surface area contributed by atoms with E-state index < -0.39 is 5.97 Å². The molecule has 6 nitrogen and oxygen atoms in total. The highest BCUT2D eigenvalue weighted by Gasteiger charge is 2.33. The summed E-state index contributed by atoms with van der Waals surface area (Å²) in [4.78, 5) is 28.5. The van der Waals surface area contributed by atoms with E-state index >= 15 is 0 Å². The third-order valence-electron chi connectivity index (χ3n) is 5.76. The quantitative estimate of drug-likeness (QED) is 0.561. The lowest BCUT2D eigenvalue weighted by molar-refractivity contribution is -0.0167. The molecule has 1 aromatic heterocycles. The fourth-order valence-electron chi connectivity index (χ4n) is 4.34. The van der Waals surface area contributed by atoms with Gasteiger partial charge in [-0.25, -0.2) is 9.59 Å². The van der Waals surface area contributed by atoms with E-state index in [1.807, 2.05) is 60.7 Å². The van der Waals surface area contributed by atoms with Gasteiger partial charge in [0.2, 0.25) is 0 Å². The summed E-state index contributed by atoms with van der Waals surface area (Å²) >= 11 is 0. The highest BCUT2D eigenvalue weighted by atomic mass is 16.5. The van der Waals surface area contributed by atoms with Gasteiger partial charge in [-0.05, 0) is 25.3 Å². The number of nitrogens with zero attached hydrogens (tertiary/aromatic N) is 1. The van der Waals surface area contributed by atoms with Crippen molar-refractivity contribution in [3.05, 3.63) is 82.4 Å². The van der Waals surface area contributed by atoms with Crippen LogP contribution in [0.2, 0.25) is 0 Å². The molecule has 0 spiro atoms. The molecule has 4 rings (SSSR count). The SMILES string of the molecule is CCOC(=O)c1[nH]c(=O)n([C@@H]2CCCC[C@H]2OCc2ccccc2)c1-c1ccccc1. The van der Waals surface area contributed by atoms with Crippen LogP contribution >= 0.6 is 0 Å². The maximum absolute atomic E-state index is 13.1. The van der Waals surface area contributed by atoms with Gasteiger partial charge in [0.25, 0.3) is 0 Å². The minimum Gasteiger partial charge on any atom is -0.461 e. The lowest BCUT2D eigenvalue weighted by Crippen LogP contribution is -2.35. The van der Waals surface area contributed by atoms with Gasteiger partial charge in [-0.2, -0.15) is 0 Å². The molecule has 3 aromatic rings. The number of benzene rings is 2. The average molecular weight is 421 g/mol. The number of H-pyrrole nitrogens is 1.